The maximum atomic E-state index is 13.4. The van der Waals surface area contributed by atoms with E-state index in [1.165, 1.54) is 11.3 Å². The van der Waals surface area contributed by atoms with Crippen molar-refractivity contribution in [2.75, 3.05) is 13.6 Å². The van der Waals surface area contributed by atoms with Gasteiger partial charge in [-0.3, -0.25) is 14.5 Å². The van der Waals surface area contributed by atoms with Crippen LogP contribution < -0.4 is 10.6 Å². The van der Waals surface area contributed by atoms with Gasteiger partial charge in [0.2, 0.25) is 5.91 Å². The molecule has 160 valence electrons. The first-order valence-electron chi connectivity index (χ1n) is 10.5. The fourth-order valence-electron chi connectivity index (χ4n) is 4.55. The van der Waals surface area contributed by atoms with Gasteiger partial charge < -0.3 is 15.5 Å². The zero-order chi connectivity index (χ0) is 21.4. The van der Waals surface area contributed by atoms with E-state index >= 15 is 0 Å². The molecule has 0 bridgehead atoms. The van der Waals surface area contributed by atoms with E-state index in [4.69, 9.17) is 11.6 Å². The minimum Gasteiger partial charge on any atom is -0.352 e. The largest absolute Gasteiger partial charge is 0.352 e. The van der Waals surface area contributed by atoms with Crippen molar-refractivity contribution in [3.05, 3.63) is 46.1 Å². The second-order valence-corrected chi connectivity index (χ2v) is 8.68. The highest BCUT2D eigenvalue weighted by atomic mass is 35.5. The molecule has 0 aromatic heterocycles. The molecule has 2 heterocycles. The van der Waals surface area contributed by atoms with Crippen LogP contribution in [0.4, 0.5) is 4.79 Å². The van der Waals surface area contributed by atoms with E-state index in [1.54, 1.807) is 37.1 Å². The van der Waals surface area contributed by atoms with E-state index in [1.807, 2.05) is 6.07 Å². The molecule has 4 rings (SSSR count). The second-order valence-electron chi connectivity index (χ2n) is 8.28. The van der Waals surface area contributed by atoms with E-state index in [0.29, 0.717) is 21.9 Å². The number of benzene rings is 1. The van der Waals surface area contributed by atoms with Crippen molar-refractivity contribution in [2.24, 2.45) is 0 Å². The third-order valence-corrected chi connectivity index (χ3v) is 6.75. The third-order valence-electron chi connectivity index (χ3n) is 6.40. The average molecular weight is 431 g/mol. The summed E-state index contributed by atoms with van der Waals surface area (Å²) in [5.41, 5.74) is 1.76. The standard InChI is InChI=1S/C22H27ClN4O3/c1-13(20(28)24-14-8-4-3-5-9-14)27-12-17-18(21(27)29)19(25-22(30)26(17)2)15-10-6-7-11-16(15)23/h6-7,10-11,13-14,19H,3-5,8-9,12H2,1-2H3,(H,24,28)(H,25,30)/t13-,19-/m1/s1. The molecule has 2 atom stereocenters. The van der Waals surface area contributed by atoms with Gasteiger partial charge in [0.05, 0.1) is 23.9 Å². The Balaban J connectivity index is 1.57. The molecule has 1 fully saturated rings. The summed E-state index contributed by atoms with van der Waals surface area (Å²) in [5.74, 6) is -0.389. The minimum atomic E-state index is -0.636. The van der Waals surface area contributed by atoms with Crippen molar-refractivity contribution in [3.63, 3.8) is 0 Å². The highest BCUT2D eigenvalue weighted by Crippen LogP contribution is 2.38. The van der Waals surface area contributed by atoms with Crippen molar-refractivity contribution in [1.82, 2.24) is 20.4 Å². The Hall–Kier alpha value is -2.54. The molecule has 3 aliphatic rings. The van der Waals surface area contributed by atoms with Gasteiger partial charge in [0, 0.05) is 18.1 Å². The lowest BCUT2D eigenvalue weighted by Crippen LogP contribution is -2.50. The predicted molar refractivity (Wildman–Crippen MR) is 114 cm³/mol. The van der Waals surface area contributed by atoms with Gasteiger partial charge in [-0.15, -0.1) is 0 Å². The molecule has 0 unspecified atom stereocenters. The second kappa shape index (κ2) is 8.30. The summed E-state index contributed by atoms with van der Waals surface area (Å²) >= 11 is 6.36. The monoisotopic (exact) mass is 430 g/mol. The number of hydrogen-bond acceptors (Lipinski definition) is 3. The summed E-state index contributed by atoms with van der Waals surface area (Å²) in [4.78, 5) is 41.8. The Kier molecular flexibility index (Phi) is 5.73. The first-order valence-corrected chi connectivity index (χ1v) is 10.9. The van der Waals surface area contributed by atoms with Crippen LogP contribution in [0.15, 0.2) is 35.5 Å². The van der Waals surface area contributed by atoms with Crippen LogP contribution in [0.3, 0.4) is 0 Å². The molecule has 2 N–H and O–H groups in total. The van der Waals surface area contributed by atoms with Crippen molar-refractivity contribution < 1.29 is 14.4 Å². The number of nitrogens with one attached hydrogen (secondary N) is 2. The molecule has 1 aliphatic carbocycles. The van der Waals surface area contributed by atoms with Gasteiger partial charge in [-0.05, 0) is 31.4 Å². The Morgan fingerprint density at radius 3 is 2.60 bits per heavy atom. The molecule has 1 saturated carbocycles. The van der Waals surface area contributed by atoms with Gasteiger partial charge >= 0.3 is 6.03 Å². The molecule has 7 nitrogen and oxygen atoms in total. The molecule has 30 heavy (non-hydrogen) atoms. The van der Waals surface area contributed by atoms with Crippen LogP contribution in [0.5, 0.6) is 0 Å². The fraction of sp³-hybridized carbons (Fsp3) is 0.500. The number of amides is 4. The van der Waals surface area contributed by atoms with Crippen LogP contribution in [0.1, 0.15) is 50.6 Å². The van der Waals surface area contributed by atoms with Crippen LogP contribution in [-0.4, -0.2) is 53.3 Å². The molecule has 2 aliphatic heterocycles. The summed E-state index contributed by atoms with van der Waals surface area (Å²) in [6.07, 6.45) is 5.42. The van der Waals surface area contributed by atoms with Crippen molar-refractivity contribution in [3.8, 4) is 0 Å². The highest BCUT2D eigenvalue weighted by molar-refractivity contribution is 6.31. The molecule has 8 heteroatoms. The summed E-state index contributed by atoms with van der Waals surface area (Å²) < 4.78 is 0. The summed E-state index contributed by atoms with van der Waals surface area (Å²) in [6, 6.07) is 5.78. The zero-order valence-corrected chi connectivity index (χ0v) is 18.0. The highest BCUT2D eigenvalue weighted by Gasteiger charge is 2.45. The van der Waals surface area contributed by atoms with E-state index in [2.05, 4.69) is 10.6 Å². The lowest BCUT2D eigenvalue weighted by molar-refractivity contribution is -0.136. The van der Waals surface area contributed by atoms with E-state index in [-0.39, 0.29) is 30.4 Å². The molecule has 0 radical (unpaired) electrons. The van der Waals surface area contributed by atoms with Gasteiger partial charge in [-0.25, -0.2) is 4.79 Å². The Labute approximate surface area is 181 Å². The lowest BCUT2D eigenvalue weighted by Gasteiger charge is -2.31. The Bertz CT molecular complexity index is 909. The molecular weight excluding hydrogens is 404 g/mol. The number of carbonyl (C=O) groups excluding carboxylic acids is 3. The normalized spacial score (nSPS) is 23.4. The van der Waals surface area contributed by atoms with E-state index in [0.717, 1.165) is 25.7 Å². The van der Waals surface area contributed by atoms with Crippen molar-refractivity contribution >= 4 is 29.4 Å². The summed E-state index contributed by atoms with van der Waals surface area (Å²) in [7, 11) is 1.64. The summed E-state index contributed by atoms with van der Waals surface area (Å²) in [5, 5.41) is 6.46. The van der Waals surface area contributed by atoms with Gasteiger partial charge in [0.25, 0.3) is 5.91 Å². The van der Waals surface area contributed by atoms with Crippen LogP contribution in [0, 0.1) is 0 Å². The third kappa shape index (κ3) is 3.67. The minimum absolute atomic E-state index is 0.147. The number of hydrogen-bond donors (Lipinski definition) is 2. The van der Waals surface area contributed by atoms with Crippen molar-refractivity contribution in [2.45, 2.75) is 57.2 Å². The van der Waals surface area contributed by atoms with Crippen LogP contribution >= 0.6 is 11.6 Å². The smallest absolute Gasteiger partial charge is 0.322 e. The van der Waals surface area contributed by atoms with Gasteiger partial charge in [-0.2, -0.15) is 0 Å². The molecule has 4 amide bonds. The first-order chi connectivity index (χ1) is 14.4. The molecular formula is C22H27ClN4O3. The lowest BCUT2D eigenvalue weighted by atomic mass is 9.95. The predicted octanol–water partition coefficient (Wildman–Crippen LogP) is 2.97. The first kappa shape index (κ1) is 20.7. The Morgan fingerprint density at radius 1 is 1.20 bits per heavy atom. The zero-order valence-electron chi connectivity index (χ0n) is 17.3. The summed E-state index contributed by atoms with van der Waals surface area (Å²) in [6.45, 7) is 1.96. The quantitative estimate of drug-likeness (QED) is 0.770. The number of nitrogens with zero attached hydrogens (tertiary/aromatic N) is 2. The van der Waals surface area contributed by atoms with Gasteiger partial charge in [0.1, 0.15) is 6.04 Å². The molecule has 0 spiro atoms. The van der Waals surface area contributed by atoms with E-state index in [9.17, 15) is 14.4 Å². The number of rotatable bonds is 4. The van der Waals surface area contributed by atoms with Gasteiger partial charge in [-0.1, -0.05) is 49.1 Å². The fourth-order valence-corrected chi connectivity index (χ4v) is 4.80. The topological polar surface area (TPSA) is 81.8 Å². The van der Waals surface area contributed by atoms with Crippen molar-refractivity contribution in [1.29, 1.82) is 0 Å². The van der Waals surface area contributed by atoms with Gasteiger partial charge in [0.15, 0.2) is 0 Å². The Morgan fingerprint density at radius 2 is 1.90 bits per heavy atom. The van der Waals surface area contributed by atoms with Crippen LogP contribution in [-0.2, 0) is 9.59 Å². The maximum absolute atomic E-state index is 13.4. The molecule has 1 aromatic carbocycles. The number of urea groups is 1. The van der Waals surface area contributed by atoms with Crippen LogP contribution in [0.25, 0.3) is 0 Å². The SMILES string of the molecule is C[C@H](C(=O)NC1CCCCC1)N1CC2=C(C1=O)[C@@H](c1ccccc1Cl)NC(=O)N2C. The number of likely N-dealkylation sites (N-methyl/N-ethyl adjacent to an activating group) is 1. The maximum Gasteiger partial charge on any atom is 0.322 e. The molecule has 0 saturated heterocycles. The molecule has 1 aromatic rings. The van der Waals surface area contributed by atoms with Crippen LogP contribution in [0.2, 0.25) is 5.02 Å². The number of halogens is 1. The number of carbonyl (C=O) groups is 3. The average Bonchev–Trinajstić information content (AvgIpc) is 3.09. The van der Waals surface area contributed by atoms with E-state index < -0.39 is 12.1 Å².